The third-order valence-electron chi connectivity index (χ3n) is 3.40. The maximum absolute atomic E-state index is 5.48. The van der Waals surface area contributed by atoms with Crippen LogP contribution in [-0.2, 0) is 16.0 Å². The molecular formula is C16H30N2O2S. The molecular weight excluding hydrogens is 284 g/mol. The van der Waals surface area contributed by atoms with E-state index in [1.54, 1.807) is 11.3 Å². The number of rotatable bonds is 13. The molecule has 4 nitrogen and oxygen atoms in total. The molecule has 1 heterocycles. The molecule has 1 aromatic heterocycles. The fourth-order valence-corrected chi connectivity index (χ4v) is 2.83. The van der Waals surface area contributed by atoms with E-state index < -0.39 is 0 Å². The van der Waals surface area contributed by atoms with Crippen LogP contribution in [0.1, 0.15) is 25.6 Å². The van der Waals surface area contributed by atoms with E-state index in [1.165, 1.54) is 4.88 Å². The SMILES string of the molecule is CCOCCN(CCOCC)C(C)CNCc1cccs1. The Balaban J connectivity index is 2.28. The smallest absolute Gasteiger partial charge is 0.0593 e. The monoisotopic (exact) mass is 314 g/mol. The van der Waals surface area contributed by atoms with Gasteiger partial charge in [-0.3, -0.25) is 4.90 Å². The van der Waals surface area contributed by atoms with E-state index in [-0.39, 0.29) is 0 Å². The summed E-state index contributed by atoms with van der Waals surface area (Å²) in [6.07, 6.45) is 0. The first-order chi connectivity index (χ1) is 10.3. The van der Waals surface area contributed by atoms with Crippen molar-refractivity contribution < 1.29 is 9.47 Å². The molecule has 1 rings (SSSR count). The summed E-state index contributed by atoms with van der Waals surface area (Å²) in [4.78, 5) is 3.82. The molecule has 1 aromatic rings. The van der Waals surface area contributed by atoms with Crippen molar-refractivity contribution in [2.45, 2.75) is 33.4 Å². The minimum atomic E-state index is 0.478. The summed E-state index contributed by atoms with van der Waals surface area (Å²) < 4.78 is 11.0. The Labute approximate surface area is 133 Å². The predicted octanol–water partition coefficient (Wildman–Crippen LogP) is 2.60. The summed E-state index contributed by atoms with van der Waals surface area (Å²) in [5.41, 5.74) is 0. The first-order valence-corrected chi connectivity index (χ1v) is 8.78. The van der Waals surface area contributed by atoms with Crippen molar-refractivity contribution >= 4 is 11.3 Å². The molecule has 0 fully saturated rings. The van der Waals surface area contributed by atoms with Crippen molar-refractivity contribution in [2.24, 2.45) is 0 Å². The van der Waals surface area contributed by atoms with Gasteiger partial charge in [0.1, 0.15) is 0 Å². The highest BCUT2D eigenvalue weighted by atomic mass is 32.1. The average Bonchev–Trinajstić information content (AvgIpc) is 2.99. The van der Waals surface area contributed by atoms with Crippen LogP contribution in [0.25, 0.3) is 0 Å². The van der Waals surface area contributed by atoms with Gasteiger partial charge < -0.3 is 14.8 Å². The lowest BCUT2D eigenvalue weighted by Gasteiger charge is -2.29. The molecule has 0 amide bonds. The lowest BCUT2D eigenvalue weighted by Crippen LogP contribution is -2.43. The van der Waals surface area contributed by atoms with Gasteiger partial charge in [0.2, 0.25) is 0 Å². The highest BCUT2D eigenvalue weighted by molar-refractivity contribution is 7.09. The second kappa shape index (κ2) is 12.1. The Morgan fingerprint density at radius 2 is 1.86 bits per heavy atom. The lowest BCUT2D eigenvalue weighted by atomic mass is 10.2. The highest BCUT2D eigenvalue weighted by Crippen LogP contribution is 2.07. The molecule has 0 aliphatic carbocycles. The molecule has 0 spiro atoms. The highest BCUT2D eigenvalue weighted by Gasteiger charge is 2.13. The molecule has 0 aliphatic rings. The van der Waals surface area contributed by atoms with Gasteiger partial charge in [-0.05, 0) is 32.2 Å². The Morgan fingerprint density at radius 3 is 2.38 bits per heavy atom. The first-order valence-electron chi connectivity index (χ1n) is 7.90. The minimum Gasteiger partial charge on any atom is -0.380 e. The van der Waals surface area contributed by atoms with Gasteiger partial charge in [-0.25, -0.2) is 0 Å². The second-order valence-electron chi connectivity index (χ2n) is 4.99. The molecule has 0 radical (unpaired) electrons. The maximum atomic E-state index is 5.48. The van der Waals surface area contributed by atoms with Gasteiger partial charge in [0, 0.05) is 50.3 Å². The number of hydrogen-bond acceptors (Lipinski definition) is 5. The van der Waals surface area contributed by atoms with Crippen molar-refractivity contribution in [3.05, 3.63) is 22.4 Å². The number of nitrogens with one attached hydrogen (secondary N) is 1. The zero-order valence-electron chi connectivity index (χ0n) is 13.6. The van der Waals surface area contributed by atoms with Crippen LogP contribution >= 0.6 is 11.3 Å². The van der Waals surface area contributed by atoms with E-state index in [0.717, 1.165) is 52.6 Å². The molecule has 1 N–H and O–H groups in total. The van der Waals surface area contributed by atoms with Crippen LogP contribution in [0.2, 0.25) is 0 Å². The minimum absolute atomic E-state index is 0.478. The van der Waals surface area contributed by atoms with Crippen molar-refractivity contribution in [1.29, 1.82) is 0 Å². The molecule has 0 aliphatic heterocycles. The molecule has 21 heavy (non-hydrogen) atoms. The average molecular weight is 314 g/mol. The third kappa shape index (κ3) is 8.53. The molecule has 0 saturated heterocycles. The van der Waals surface area contributed by atoms with Crippen molar-refractivity contribution in [3.63, 3.8) is 0 Å². The summed E-state index contributed by atoms with van der Waals surface area (Å²) in [6.45, 7) is 13.3. The van der Waals surface area contributed by atoms with Gasteiger partial charge in [-0.15, -0.1) is 11.3 Å². The van der Waals surface area contributed by atoms with Gasteiger partial charge in [0.05, 0.1) is 13.2 Å². The second-order valence-corrected chi connectivity index (χ2v) is 6.02. The Bertz CT molecular complexity index is 323. The van der Waals surface area contributed by atoms with Crippen LogP contribution in [0.5, 0.6) is 0 Å². The zero-order valence-corrected chi connectivity index (χ0v) is 14.5. The number of hydrogen-bond donors (Lipinski definition) is 1. The third-order valence-corrected chi connectivity index (χ3v) is 4.27. The Morgan fingerprint density at radius 1 is 1.19 bits per heavy atom. The van der Waals surface area contributed by atoms with E-state index >= 15 is 0 Å². The zero-order chi connectivity index (χ0) is 15.3. The van der Waals surface area contributed by atoms with Crippen molar-refractivity contribution in [2.75, 3.05) is 46.1 Å². The van der Waals surface area contributed by atoms with Gasteiger partial charge in [0.15, 0.2) is 0 Å². The van der Waals surface area contributed by atoms with Crippen LogP contribution in [0.3, 0.4) is 0 Å². The summed E-state index contributed by atoms with van der Waals surface area (Å²) in [5.74, 6) is 0. The molecule has 122 valence electrons. The Hall–Kier alpha value is -0.460. The standard InChI is InChI=1S/C16H30N2O2S/c1-4-19-10-8-18(9-11-20-5-2)15(3)13-17-14-16-7-6-12-21-16/h6-7,12,15,17H,4-5,8-11,13-14H2,1-3H3. The molecule has 5 heteroatoms. The van der Waals surface area contributed by atoms with Gasteiger partial charge in [0.25, 0.3) is 0 Å². The topological polar surface area (TPSA) is 33.7 Å². The fourth-order valence-electron chi connectivity index (χ4n) is 2.15. The van der Waals surface area contributed by atoms with Crippen LogP contribution in [0, 0.1) is 0 Å². The molecule has 0 aromatic carbocycles. The summed E-state index contributed by atoms with van der Waals surface area (Å²) in [6, 6.07) is 4.75. The lowest BCUT2D eigenvalue weighted by molar-refractivity contribution is 0.0661. The van der Waals surface area contributed by atoms with Crippen molar-refractivity contribution in [3.8, 4) is 0 Å². The molecule has 0 bridgehead atoms. The van der Waals surface area contributed by atoms with Crippen molar-refractivity contribution in [1.82, 2.24) is 10.2 Å². The largest absolute Gasteiger partial charge is 0.380 e. The maximum Gasteiger partial charge on any atom is 0.0593 e. The number of ether oxygens (including phenoxy) is 2. The van der Waals surface area contributed by atoms with E-state index in [9.17, 15) is 0 Å². The van der Waals surface area contributed by atoms with E-state index in [0.29, 0.717) is 6.04 Å². The van der Waals surface area contributed by atoms with Crippen LogP contribution < -0.4 is 5.32 Å². The molecule has 0 saturated carbocycles. The fraction of sp³-hybridized carbons (Fsp3) is 0.750. The number of thiophene rings is 1. The molecule has 1 atom stereocenters. The van der Waals surface area contributed by atoms with Gasteiger partial charge >= 0.3 is 0 Å². The predicted molar refractivity (Wildman–Crippen MR) is 90.0 cm³/mol. The van der Waals surface area contributed by atoms with Crippen LogP contribution in [0.15, 0.2) is 17.5 Å². The van der Waals surface area contributed by atoms with Crippen LogP contribution in [-0.4, -0.2) is 57.0 Å². The normalized spacial score (nSPS) is 13.0. The summed E-state index contributed by atoms with van der Waals surface area (Å²) >= 11 is 1.80. The van der Waals surface area contributed by atoms with Gasteiger partial charge in [-0.2, -0.15) is 0 Å². The summed E-state index contributed by atoms with van der Waals surface area (Å²) in [7, 11) is 0. The van der Waals surface area contributed by atoms with E-state index in [4.69, 9.17) is 9.47 Å². The summed E-state index contributed by atoms with van der Waals surface area (Å²) in [5, 5.41) is 5.66. The molecule has 1 unspecified atom stereocenters. The number of nitrogens with zero attached hydrogens (tertiary/aromatic N) is 1. The Kier molecular flexibility index (Phi) is 10.7. The van der Waals surface area contributed by atoms with E-state index in [2.05, 4.69) is 34.7 Å². The quantitative estimate of drug-likeness (QED) is 0.568. The van der Waals surface area contributed by atoms with E-state index in [1.807, 2.05) is 13.8 Å². The van der Waals surface area contributed by atoms with Gasteiger partial charge in [-0.1, -0.05) is 6.07 Å². The van der Waals surface area contributed by atoms with Crippen LogP contribution in [0.4, 0.5) is 0 Å². The first kappa shape index (κ1) is 18.6.